The van der Waals surface area contributed by atoms with Gasteiger partial charge in [-0.2, -0.15) is 0 Å². The van der Waals surface area contributed by atoms with Crippen LogP contribution in [0.5, 0.6) is 0 Å². The third-order valence-electron chi connectivity index (χ3n) is 6.33. The lowest BCUT2D eigenvalue weighted by molar-refractivity contribution is -0.167. The normalized spacial score (nSPS) is 18.3. The molecule has 4 rings (SSSR count). The Hall–Kier alpha value is -2.26. The molecule has 9 heteroatoms. The molecule has 1 aromatic heterocycles. The average molecular weight is 461 g/mol. The molecule has 3 heterocycles. The predicted octanol–water partition coefficient (Wildman–Crippen LogP) is 2.88. The Labute approximate surface area is 192 Å². The van der Waals surface area contributed by atoms with Crippen molar-refractivity contribution < 1.29 is 19.4 Å². The zero-order valence-corrected chi connectivity index (χ0v) is 19.2. The molecule has 0 unspecified atom stereocenters. The van der Waals surface area contributed by atoms with Crippen LogP contribution in [0.1, 0.15) is 48.2 Å². The van der Waals surface area contributed by atoms with Gasteiger partial charge >= 0.3 is 0 Å². The van der Waals surface area contributed by atoms with Crippen molar-refractivity contribution >= 4 is 23.3 Å². The molecule has 0 aliphatic carbocycles. The van der Waals surface area contributed by atoms with E-state index in [4.69, 9.17) is 21.1 Å². The van der Waals surface area contributed by atoms with Crippen molar-refractivity contribution in [1.29, 1.82) is 0 Å². The van der Waals surface area contributed by atoms with Crippen LogP contribution < -0.4 is 5.32 Å². The van der Waals surface area contributed by atoms with E-state index >= 15 is 0 Å². The number of aliphatic hydroxyl groups is 1. The second-order valence-corrected chi connectivity index (χ2v) is 8.66. The van der Waals surface area contributed by atoms with Crippen LogP contribution in [0.15, 0.2) is 24.3 Å². The lowest BCUT2D eigenvalue weighted by Gasteiger charge is -2.37. The summed E-state index contributed by atoms with van der Waals surface area (Å²) in [6.07, 6.45) is 1.68. The fourth-order valence-corrected chi connectivity index (χ4v) is 4.60. The van der Waals surface area contributed by atoms with Gasteiger partial charge in [0, 0.05) is 51.4 Å². The predicted molar refractivity (Wildman–Crippen MR) is 120 cm³/mol. The largest absolute Gasteiger partial charge is 0.396 e. The SMILES string of the molecule is COC1(C(=O)N2Cc3nc(Cl)nc(N[C@H](C)c4cccc(CCO)c4)c3C2)CCOCC1. The number of aliphatic hydroxyl groups excluding tert-OH is 1. The maximum absolute atomic E-state index is 13.4. The van der Waals surface area contributed by atoms with Crippen molar-refractivity contribution in [3.05, 3.63) is 51.9 Å². The van der Waals surface area contributed by atoms with Gasteiger partial charge in [-0.3, -0.25) is 4.79 Å². The van der Waals surface area contributed by atoms with Gasteiger partial charge in [0.2, 0.25) is 5.28 Å². The molecule has 32 heavy (non-hydrogen) atoms. The van der Waals surface area contributed by atoms with Crippen LogP contribution in [0.3, 0.4) is 0 Å². The molecule has 1 atom stereocenters. The quantitative estimate of drug-likeness (QED) is 0.613. The van der Waals surface area contributed by atoms with E-state index < -0.39 is 5.60 Å². The molecule has 2 aliphatic rings. The van der Waals surface area contributed by atoms with Gasteiger partial charge in [-0.15, -0.1) is 0 Å². The number of rotatable bonds is 7. The summed E-state index contributed by atoms with van der Waals surface area (Å²) in [6.45, 7) is 3.94. The van der Waals surface area contributed by atoms with Crippen molar-refractivity contribution in [3.63, 3.8) is 0 Å². The van der Waals surface area contributed by atoms with Gasteiger partial charge in [0.15, 0.2) is 5.60 Å². The molecular weight excluding hydrogens is 432 g/mol. The molecule has 1 saturated heterocycles. The van der Waals surface area contributed by atoms with E-state index in [0.717, 1.165) is 22.4 Å². The number of anilines is 1. The Morgan fingerprint density at radius 1 is 1.34 bits per heavy atom. The van der Waals surface area contributed by atoms with E-state index in [1.54, 1.807) is 12.0 Å². The number of nitrogens with one attached hydrogen (secondary N) is 1. The zero-order valence-electron chi connectivity index (χ0n) is 18.4. The maximum Gasteiger partial charge on any atom is 0.255 e. The van der Waals surface area contributed by atoms with Crippen molar-refractivity contribution in [3.8, 4) is 0 Å². The van der Waals surface area contributed by atoms with Gasteiger partial charge in [0.1, 0.15) is 5.82 Å². The summed E-state index contributed by atoms with van der Waals surface area (Å²) in [5, 5.41) is 12.8. The smallest absolute Gasteiger partial charge is 0.255 e. The second-order valence-electron chi connectivity index (χ2n) is 8.32. The number of ether oxygens (including phenoxy) is 2. The summed E-state index contributed by atoms with van der Waals surface area (Å²) in [7, 11) is 1.59. The summed E-state index contributed by atoms with van der Waals surface area (Å²) < 4.78 is 11.1. The summed E-state index contributed by atoms with van der Waals surface area (Å²) in [4.78, 5) is 24.0. The number of hydrogen-bond acceptors (Lipinski definition) is 7. The Kier molecular flexibility index (Phi) is 6.95. The van der Waals surface area contributed by atoms with Crippen molar-refractivity contribution in [2.75, 3.05) is 32.2 Å². The van der Waals surface area contributed by atoms with Gasteiger partial charge in [0.05, 0.1) is 18.8 Å². The highest BCUT2D eigenvalue weighted by Crippen LogP contribution is 2.34. The number of hydrogen-bond donors (Lipinski definition) is 2. The fourth-order valence-electron chi connectivity index (χ4n) is 4.42. The number of methoxy groups -OCH3 is 1. The molecule has 1 amide bonds. The Morgan fingerprint density at radius 2 is 2.12 bits per heavy atom. The second kappa shape index (κ2) is 9.70. The first-order valence-corrected chi connectivity index (χ1v) is 11.3. The Morgan fingerprint density at radius 3 is 2.84 bits per heavy atom. The van der Waals surface area contributed by atoms with Crippen molar-refractivity contribution in [2.24, 2.45) is 0 Å². The van der Waals surface area contributed by atoms with Crippen LogP contribution in [0.2, 0.25) is 5.28 Å². The maximum atomic E-state index is 13.4. The number of amides is 1. The minimum Gasteiger partial charge on any atom is -0.396 e. The van der Waals surface area contributed by atoms with E-state index in [1.807, 2.05) is 25.1 Å². The number of halogens is 1. The highest BCUT2D eigenvalue weighted by molar-refractivity contribution is 6.28. The highest BCUT2D eigenvalue weighted by Gasteiger charge is 2.45. The van der Waals surface area contributed by atoms with Crippen LogP contribution in [-0.2, 0) is 33.8 Å². The topological polar surface area (TPSA) is 96.8 Å². The first kappa shape index (κ1) is 22.9. The van der Waals surface area contributed by atoms with Crippen molar-refractivity contribution in [1.82, 2.24) is 14.9 Å². The molecular formula is C23H29ClN4O4. The summed E-state index contributed by atoms with van der Waals surface area (Å²) >= 11 is 6.22. The van der Waals surface area contributed by atoms with Crippen LogP contribution >= 0.6 is 11.6 Å². The van der Waals surface area contributed by atoms with Crippen LogP contribution in [0.25, 0.3) is 0 Å². The molecule has 172 valence electrons. The third-order valence-corrected chi connectivity index (χ3v) is 6.50. The first-order chi connectivity index (χ1) is 15.5. The molecule has 0 spiro atoms. The number of carbonyl (C=O) groups excluding carboxylic acids is 1. The average Bonchev–Trinajstić information content (AvgIpc) is 3.23. The minimum atomic E-state index is -0.856. The molecule has 0 radical (unpaired) electrons. The zero-order chi connectivity index (χ0) is 22.7. The summed E-state index contributed by atoms with van der Waals surface area (Å²) in [6, 6.07) is 8.03. The van der Waals surface area contributed by atoms with Gasteiger partial charge in [-0.05, 0) is 36.1 Å². The standard InChI is InChI=1S/C23H29ClN4O4/c1-15(17-5-3-4-16(12-17)6-9-29)25-20-18-13-28(14-19(18)26-22(24)27-20)21(30)23(31-2)7-10-32-11-8-23/h3-5,12,15,29H,6-11,13-14H2,1-2H3,(H,25,26,27)/t15-/m1/s1. The highest BCUT2D eigenvalue weighted by atomic mass is 35.5. The van der Waals surface area contributed by atoms with E-state index in [1.165, 1.54) is 0 Å². The molecule has 1 fully saturated rings. The Balaban J connectivity index is 1.54. The van der Waals surface area contributed by atoms with Crippen LogP contribution in [0, 0.1) is 0 Å². The molecule has 2 N–H and O–H groups in total. The molecule has 1 aromatic carbocycles. The number of benzene rings is 1. The van der Waals surface area contributed by atoms with E-state index in [0.29, 0.717) is 51.4 Å². The summed E-state index contributed by atoms with van der Waals surface area (Å²) in [5.74, 6) is 0.585. The van der Waals surface area contributed by atoms with Gasteiger partial charge in [-0.25, -0.2) is 9.97 Å². The lowest BCUT2D eigenvalue weighted by Crippen LogP contribution is -2.51. The molecule has 2 aliphatic heterocycles. The number of aromatic nitrogens is 2. The van der Waals surface area contributed by atoms with Crippen LogP contribution in [-0.4, -0.2) is 58.4 Å². The number of carbonyl (C=O) groups is 1. The molecule has 2 aromatic rings. The van der Waals surface area contributed by atoms with Gasteiger partial charge in [-0.1, -0.05) is 24.3 Å². The van der Waals surface area contributed by atoms with Crippen molar-refractivity contribution in [2.45, 2.75) is 50.9 Å². The monoisotopic (exact) mass is 460 g/mol. The fraction of sp³-hybridized carbons (Fsp3) is 0.522. The van der Waals surface area contributed by atoms with Crippen LogP contribution in [0.4, 0.5) is 5.82 Å². The molecule has 8 nitrogen and oxygen atoms in total. The van der Waals surface area contributed by atoms with Gasteiger partial charge in [0.25, 0.3) is 5.91 Å². The number of fused-ring (bicyclic) bond motifs is 1. The number of nitrogens with zero attached hydrogens (tertiary/aromatic N) is 3. The lowest BCUT2D eigenvalue weighted by atomic mass is 9.92. The van der Waals surface area contributed by atoms with Gasteiger partial charge < -0.3 is 24.8 Å². The molecule has 0 saturated carbocycles. The molecule has 0 bridgehead atoms. The minimum absolute atomic E-state index is 0.0470. The van der Waals surface area contributed by atoms with E-state index in [-0.39, 0.29) is 23.8 Å². The Bertz CT molecular complexity index is 980. The summed E-state index contributed by atoms with van der Waals surface area (Å²) in [5.41, 5.74) is 2.92. The van der Waals surface area contributed by atoms with E-state index in [9.17, 15) is 9.90 Å². The van der Waals surface area contributed by atoms with E-state index in [2.05, 4.69) is 21.4 Å². The first-order valence-electron chi connectivity index (χ1n) is 10.9. The third kappa shape index (κ3) is 4.59.